The summed E-state index contributed by atoms with van der Waals surface area (Å²) >= 11 is 0. The normalized spacial score (nSPS) is 10.8. The molecule has 2 aromatic heterocycles. The van der Waals surface area contributed by atoms with E-state index in [1.165, 1.54) is 16.3 Å². The number of fused-ring (bicyclic) bond motifs is 1. The summed E-state index contributed by atoms with van der Waals surface area (Å²) < 4.78 is 0. The van der Waals surface area contributed by atoms with Gasteiger partial charge in [-0.25, -0.2) is 0 Å². The second kappa shape index (κ2) is 6.01. The van der Waals surface area contributed by atoms with Crippen molar-refractivity contribution in [2.75, 3.05) is 0 Å². The topological polar surface area (TPSA) is 25.8 Å². The molecule has 110 valence electrons. The Balaban J connectivity index is 1.64. The van der Waals surface area contributed by atoms with Crippen molar-refractivity contribution in [1.29, 1.82) is 0 Å². The maximum absolute atomic E-state index is 4.57. The Hall–Kier alpha value is -3.00. The van der Waals surface area contributed by atoms with Gasteiger partial charge in [-0.2, -0.15) is 0 Å². The van der Waals surface area contributed by atoms with Gasteiger partial charge in [-0.3, -0.25) is 9.97 Å². The molecule has 0 amide bonds. The first-order chi connectivity index (χ1) is 11.4. The van der Waals surface area contributed by atoms with E-state index < -0.39 is 0 Å². The monoisotopic (exact) mass is 296 g/mol. The molecule has 2 aromatic carbocycles. The fourth-order valence-corrected chi connectivity index (χ4v) is 2.84. The molecule has 2 nitrogen and oxygen atoms in total. The molecule has 4 rings (SSSR count). The van der Waals surface area contributed by atoms with Crippen LogP contribution < -0.4 is 0 Å². The van der Waals surface area contributed by atoms with Crippen molar-refractivity contribution in [2.24, 2.45) is 0 Å². The summed E-state index contributed by atoms with van der Waals surface area (Å²) in [6.45, 7) is 0. The van der Waals surface area contributed by atoms with Crippen molar-refractivity contribution in [3.05, 3.63) is 96.4 Å². The fraction of sp³-hybridized carbons (Fsp3) is 0.0476. The van der Waals surface area contributed by atoms with Crippen molar-refractivity contribution < 1.29 is 0 Å². The molecule has 4 aromatic rings. The van der Waals surface area contributed by atoms with Crippen molar-refractivity contribution in [2.45, 2.75) is 6.42 Å². The van der Waals surface area contributed by atoms with Gasteiger partial charge in [-0.05, 0) is 29.1 Å². The number of hydrogen-bond acceptors (Lipinski definition) is 2. The highest BCUT2D eigenvalue weighted by atomic mass is 14.7. The summed E-state index contributed by atoms with van der Waals surface area (Å²) in [6.07, 6.45) is 4.55. The standard InChI is InChI=1S/C21H16N2/c1-2-6-19-17(5-1)12-14-23-21(19)15-16-8-10-18(11-9-16)20-7-3-4-13-22-20/h1-14H,15H2. The SMILES string of the molecule is c1ccc(-c2ccc(Cc3nccc4ccccc34)cc2)nc1. The van der Waals surface area contributed by atoms with Crippen LogP contribution in [0.5, 0.6) is 0 Å². The summed E-state index contributed by atoms with van der Waals surface area (Å²) in [5.41, 5.74) is 4.52. The maximum atomic E-state index is 4.57. The molecule has 0 spiro atoms. The summed E-state index contributed by atoms with van der Waals surface area (Å²) in [5, 5.41) is 2.46. The van der Waals surface area contributed by atoms with Crippen molar-refractivity contribution in [3.63, 3.8) is 0 Å². The minimum absolute atomic E-state index is 0.837. The predicted molar refractivity (Wildman–Crippen MR) is 94.2 cm³/mol. The average Bonchev–Trinajstić information content (AvgIpc) is 2.63. The van der Waals surface area contributed by atoms with Crippen LogP contribution in [-0.4, -0.2) is 9.97 Å². The first-order valence-electron chi connectivity index (χ1n) is 7.73. The third-order valence-corrected chi connectivity index (χ3v) is 4.04. The minimum Gasteiger partial charge on any atom is -0.260 e. The van der Waals surface area contributed by atoms with Crippen molar-refractivity contribution in [3.8, 4) is 11.3 Å². The van der Waals surface area contributed by atoms with E-state index >= 15 is 0 Å². The van der Waals surface area contributed by atoms with Gasteiger partial charge in [0, 0.05) is 29.8 Å². The predicted octanol–water partition coefficient (Wildman–Crippen LogP) is 4.89. The van der Waals surface area contributed by atoms with Gasteiger partial charge in [0.2, 0.25) is 0 Å². The smallest absolute Gasteiger partial charge is 0.0701 e. The van der Waals surface area contributed by atoms with Crippen LogP contribution in [0.2, 0.25) is 0 Å². The Bertz CT molecular complexity index is 923. The first kappa shape index (κ1) is 13.6. The largest absolute Gasteiger partial charge is 0.260 e. The Morgan fingerprint density at radius 2 is 1.48 bits per heavy atom. The number of nitrogens with zero attached hydrogens (tertiary/aromatic N) is 2. The van der Waals surface area contributed by atoms with E-state index in [1.807, 2.05) is 30.6 Å². The molecule has 23 heavy (non-hydrogen) atoms. The van der Waals surface area contributed by atoms with Gasteiger partial charge in [0.25, 0.3) is 0 Å². The lowest BCUT2D eigenvalue weighted by Gasteiger charge is -2.07. The van der Waals surface area contributed by atoms with E-state index in [1.54, 1.807) is 0 Å². The van der Waals surface area contributed by atoms with Crippen molar-refractivity contribution >= 4 is 10.8 Å². The molecule has 0 fully saturated rings. The molecular weight excluding hydrogens is 280 g/mol. The number of aromatic nitrogens is 2. The molecule has 0 atom stereocenters. The maximum Gasteiger partial charge on any atom is 0.0701 e. The van der Waals surface area contributed by atoms with Crippen LogP contribution in [0, 0.1) is 0 Å². The molecule has 0 unspecified atom stereocenters. The van der Waals surface area contributed by atoms with Gasteiger partial charge < -0.3 is 0 Å². The van der Waals surface area contributed by atoms with Gasteiger partial charge in [0.05, 0.1) is 11.4 Å². The van der Waals surface area contributed by atoms with Gasteiger partial charge in [-0.15, -0.1) is 0 Å². The zero-order chi connectivity index (χ0) is 15.5. The van der Waals surface area contributed by atoms with Gasteiger partial charge in [0.15, 0.2) is 0 Å². The van der Waals surface area contributed by atoms with Gasteiger partial charge in [0.1, 0.15) is 0 Å². The van der Waals surface area contributed by atoms with E-state index in [2.05, 4.69) is 64.6 Å². The van der Waals surface area contributed by atoms with Crippen LogP contribution in [0.1, 0.15) is 11.3 Å². The summed E-state index contributed by atoms with van der Waals surface area (Å²) in [5.74, 6) is 0. The number of hydrogen-bond donors (Lipinski definition) is 0. The highest BCUT2D eigenvalue weighted by Crippen LogP contribution is 2.21. The molecule has 2 heteroatoms. The molecule has 0 saturated carbocycles. The summed E-state index contributed by atoms with van der Waals surface area (Å²) in [7, 11) is 0. The number of rotatable bonds is 3. The molecular formula is C21H16N2. The average molecular weight is 296 g/mol. The molecule has 0 radical (unpaired) electrons. The first-order valence-corrected chi connectivity index (χ1v) is 7.73. The van der Waals surface area contributed by atoms with Crippen LogP contribution in [0.3, 0.4) is 0 Å². The lowest BCUT2D eigenvalue weighted by molar-refractivity contribution is 1.10. The lowest BCUT2D eigenvalue weighted by Crippen LogP contribution is -1.93. The van der Waals surface area contributed by atoms with Crippen molar-refractivity contribution in [1.82, 2.24) is 9.97 Å². The second-order valence-electron chi connectivity index (χ2n) is 5.57. The zero-order valence-electron chi connectivity index (χ0n) is 12.7. The van der Waals surface area contributed by atoms with Gasteiger partial charge in [-0.1, -0.05) is 54.6 Å². The molecule has 0 aliphatic rings. The third kappa shape index (κ3) is 2.84. The van der Waals surface area contributed by atoms with E-state index in [0.29, 0.717) is 0 Å². The Labute approximate surface area is 135 Å². The van der Waals surface area contributed by atoms with Crippen LogP contribution in [-0.2, 0) is 6.42 Å². The van der Waals surface area contributed by atoms with Crippen LogP contribution in [0.25, 0.3) is 22.0 Å². The fourth-order valence-electron chi connectivity index (χ4n) is 2.84. The second-order valence-corrected chi connectivity index (χ2v) is 5.57. The van der Waals surface area contributed by atoms with Crippen LogP contribution in [0.15, 0.2) is 85.2 Å². The Morgan fingerprint density at radius 3 is 2.30 bits per heavy atom. The van der Waals surface area contributed by atoms with E-state index in [0.717, 1.165) is 23.4 Å². The molecule has 2 heterocycles. The number of pyridine rings is 2. The summed E-state index contributed by atoms with van der Waals surface area (Å²) in [6, 6.07) is 25.0. The van der Waals surface area contributed by atoms with E-state index in [9.17, 15) is 0 Å². The number of benzene rings is 2. The Kier molecular flexibility index (Phi) is 3.57. The molecule has 0 N–H and O–H groups in total. The molecule has 0 aliphatic heterocycles. The molecule has 0 saturated heterocycles. The highest BCUT2D eigenvalue weighted by Gasteiger charge is 2.04. The van der Waals surface area contributed by atoms with Crippen LogP contribution in [0.4, 0.5) is 0 Å². The van der Waals surface area contributed by atoms with E-state index in [4.69, 9.17) is 0 Å². The lowest BCUT2D eigenvalue weighted by atomic mass is 10.0. The minimum atomic E-state index is 0.837. The molecule has 0 aliphatic carbocycles. The quantitative estimate of drug-likeness (QED) is 0.538. The summed E-state index contributed by atoms with van der Waals surface area (Å²) in [4.78, 5) is 8.96. The van der Waals surface area contributed by atoms with E-state index in [-0.39, 0.29) is 0 Å². The van der Waals surface area contributed by atoms with Gasteiger partial charge >= 0.3 is 0 Å². The zero-order valence-corrected chi connectivity index (χ0v) is 12.7. The van der Waals surface area contributed by atoms with Crippen LogP contribution >= 0.6 is 0 Å². The molecule has 0 bridgehead atoms. The highest BCUT2D eigenvalue weighted by molar-refractivity contribution is 5.84. The third-order valence-electron chi connectivity index (χ3n) is 4.04. The Morgan fingerprint density at radius 1 is 0.652 bits per heavy atom.